The van der Waals surface area contributed by atoms with Crippen molar-refractivity contribution in [1.82, 2.24) is 10.1 Å². The van der Waals surface area contributed by atoms with E-state index in [0.717, 1.165) is 11.1 Å². The fourth-order valence-electron chi connectivity index (χ4n) is 2.97. The Balaban J connectivity index is 1.48. The second-order valence-corrected chi connectivity index (χ2v) is 6.98. The van der Waals surface area contributed by atoms with Crippen LogP contribution in [-0.2, 0) is 4.79 Å². The molecule has 148 valence electrons. The molecule has 0 saturated carbocycles. The second-order valence-electron chi connectivity index (χ2n) is 6.98. The summed E-state index contributed by atoms with van der Waals surface area (Å²) in [6.07, 6.45) is 1.82. The lowest BCUT2D eigenvalue weighted by atomic mass is 10.1. The van der Waals surface area contributed by atoms with Crippen LogP contribution in [0.15, 0.2) is 52.6 Å². The van der Waals surface area contributed by atoms with E-state index < -0.39 is 0 Å². The van der Waals surface area contributed by atoms with E-state index in [0.29, 0.717) is 34.5 Å². The van der Waals surface area contributed by atoms with Gasteiger partial charge in [-0.3, -0.25) is 4.79 Å². The molecule has 2 heterocycles. The van der Waals surface area contributed by atoms with Crippen molar-refractivity contribution in [2.24, 2.45) is 0 Å². The molecule has 2 aromatic carbocycles. The Kier molecular flexibility index (Phi) is 5.03. The number of hydrogen-bond donors (Lipinski definition) is 1. The SMILES string of the molecule is COc1cccc2c1OCC(C(=O)Nc1ccc(-c3nc(C(C)C)no3)cc1)=C2. The first kappa shape index (κ1) is 18.7. The zero-order valence-electron chi connectivity index (χ0n) is 16.4. The lowest BCUT2D eigenvalue weighted by Crippen LogP contribution is -2.21. The molecule has 7 nitrogen and oxygen atoms in total. The highest BCUT2D eigenvalue weighted by Crippen LogP contribution is 2.35. The van der Waals surface area contributed by atoms with Gasteiger partial charge in [-0.15, -0.1) is 0 Å². The number of carbonyl (C=O) groups excluding carboxylic acids is 1. The highest BCUT2D eigenvalue weighted by atomic mass is 16.5. The number of methoxy groups -OCH3 is 1. The van der Waals surface area contributed by atoms with Gasteiger partial charge in [-0.2, -0.15) is 4.98 Å². The number of nitrogens with zero attached hydrogens (tertiary/aromatic N) is 2. The quantitative estimate of drug-likeness (QED) is 0.698. The van der Waals surface area contributed by atoms with Gasteiger partial charge in [0.15, 0.2) is 17.3 Å². The topological polar surface area (TPSA) is 86.5 Å². The molecular weight excluding hydrogens is 370 g/mol. The van der Waals surface area contributed by atoms with Crippen LogP contribution in [-0.4, -0.2) is 29.8 Å². The third-order valence-electron chi connectivity index (χ3n) is 4.57. The van der Waals surface area contributed by atoms with E-state index in [1.807, 2.05) is 50.3 Å². The lowest BCUT2D eigenvalue weighted by molar-refractivity contribution is -0.113. The smallest absolute Gasteiger partial charge is 0.257 e. The van der Waals surface area contributed by atoms with Crippen molar-refractivity contribution in [2.45, 2.75) is 19.8 Å². The Morgan fingerprint density at radius 3 is 2.66 bits per heavy atom. The monoisotopic (exact) mass is 391 g/mol. The molecule has 1 aromatic heterocycles. The van der Waals surface area contributed by atoms with E-state index >= 15 is 0 Å². The predicted molar refractivity (Wildman–Crippen MR) is 109 cm³/mol. The van der Waals surface area contributed by atoms with E-state index in [1.54, 1.807) is 19.2 Å². The van der Waals surface area contributed by atoms with Gasteiger partial charge in [-0.05, 0) is 36.4 Å². The molecule has 0 atom stereocenters. The normalized spacial score (nSPS) is 12.8. The fourth-order valence-corrected chi connectivity index (χ4v) is 2.97. The van der Waals surface area contributed by atoms with Crippen LogP contribution in [0, 0.1) is 0 Å². The summed E-state index contributed by atoms with van der Waals surface area (Å²) in [6.45, 7) is 4.19. The molecule has 29 heavy (non-hydrogen) atoms. The molecule has 4 rings (SSSR count). The van der Waals surface area contributed by atoms with Crippen molar-refractivity contribution in [3.05, 3.63) is 59.4 Å². The highest BCUT2D eigenvalue weighted by Gasteiger charge is 2.20. The number of para-hydroxylation sites is 1. The Morgan fingerprint density at radius 2 is 1.97 bits per heavy atom. The van der Waals surface area contributed by atoms with Gasteiger partial charge in [-0.1, -0.05) is 31.1 Å². The molecule has 7 heteroatoms. The molecule has 0 unspecified atom stereocenters. The summed E-state index contributed by atoms with van der Waals surface area (Å²) < 4.78 is 16.3. The summed E-state index contributed by atoms with van der Waals surface area (Å²) in [5.74, 6) is 2.40. The molecule has 0 saturated heterocycles. The van der Waals surface area contributed by atoms with Gasteiger partial charge >= 0.3 is 0 Å². The Morgan fingerprint density at radius 1 is 1.17 bits per heavy atom. The van der Waals surface area contributed by atoms with E-state index in [-0.39, 0.29) is 18.4 Å². The number of anilines is 1. The summed E-state index contributed by atoms with van der Waals surface area (Å²) >= 11 is 0. The van der Waals surface area contributed by atoms with E-state index in [1.165, 1.54) is 0 Å². The first-order chi connectivity index (χ1) is 14.0. The van der Waals surface area contributed by atoms with Crippen LogP contribution in [0.3, 0.4) is 0 Å². The highest BCUT2D eigenvalue weighted by molar-refractivity contribution is 6.07. The summed E-state index contributed by atoms with van der Waals surface area (Å²) in [4.78, 5) is 17.0. The summed E-state index contributed by atoms with van der Waals surface area (Å²) in [5.41, 5.74) is 2.81. The summed E-state index contributed by atoms with van der Waals surface area (Å²) in [7, 11) is 1.59. The average Bonchev–Trinajstić information content (AvgIpc) is 3.24. The molecule has 3 aromatic rings. The first-order valence-corrected chi connectivity index (χ1v) is 9.31. The molecule has 1 amide bonds. The van der Waals surface area contributed by atoms with Crippen molar-refractivity contribution >= 4 is 17.7 Å². The van der Waals surface area contributed by atoms with Crippen molar-refractivity contribution in [2.75, 3.05) is 19.0 Å². The number of amides is 1. The third kappa shape index (κ3) is 3.85. The first-order valence-electron chi connectivity index (χ1n) is 9.31. The Hall–Kier alpha value is -3.61. The van der Waals surface area contributed by atoms with Crippen LogP contribution in [0.2, 0.25) is 0 Å². The number of fused-ring (bicyclic) bond motifs is 1. The van der Waals surface area contributed by atoms with Gasteiger partial charge in [0.1, 0.15) is 6.61 Å². The lowest BCUT2D eigenvalue weighted by Gasteiger charge is -2.19. The molecule has 0 fully saturated rings. The van der Waals surface area contributed by atoms with Crippen molar-refractivity contribution in [3.63, 3.8) is 0 Å². The minimum absolute atomic E-state index is 0.178. The maximum atomic E-state index is 12.6. The Bertz CT molecular complexity index is 1070. The van der Waals surface area contributed by atoms with Crippen LogP contribution in [0.5, 0.6) is 11.5 Å². The van der Waals surface area contributed by atoms with Gasteiger partial charge in [0.05, 0.1) is 12.7 Å². The van der Waals surface area contributed by atoms with E-state index in [4.69, 9.17) is 14.0 Å². The van der Waals surface area contributed by atoms with Gasteiger partial charge in [0, 0.05) is 22.7 Å². The minimum Gasteiger partial charge on any atom is -0.493 e. The molecule has 1 N–H and O–H groups in total. The maximum Gasteiger partial charge on any atom is 0.257 e. The van der Waals surface area contributed by atoms with Crippen molar-refractivity contribution < 1.29 is 18.8 Å². The summed E-state index contributed by atoms with van der Waals surface area (Å²) in [6, 6.07) is 12.8. The maximum absolute atomic E-state index is 12.6. The number of rotatable bonds is 5. The number of benzene rings is 2. The van der Waals surface area contributed by atoms with E-state index in [2.05, 4.69) is 15.5 Å². The molecule has 1 aliphatic rings. The molecular formula is C22H21N3O4. The van der Waals surface area contributed by atoms with Gasteiger partial charge < -0.3 is 19.3 Å². The number of hydrogen-bond acceptors (Lipinski definition) is 6. The molecule has 0 radical (unpaired) electrons. The van der Waals surface area contributed by atoms with Crippen LogP contribution in [0.1, 0.15) is 31.2 Å². The van der Waals surface area contributed by atoms with Crippen LogP contribution in [0.25, 0.3) is 17.5 Å². The summed E-state index contributed by atoms with van der Waals surface area (Å²) in [5, 5.41) is 6.86. The second kappa shape index (κ2) is 7.79. The fraction of sp³-hybridized carbons (Fsp3) is 0.227. The third-order valence-corrected chi connectivity index (χ3v) is 4.57. The largest absolute Gasteiger partial charge is 0.493 e. The number of carbonyl (C=O) groups is 1. The standard InChI is InChI=1S/C22H21N3O4/c1-13(2)20-24-22(29-25-20)14-7-9-17(10-8-14)23-21(26)16-11-15-5-4-6-18(27-3)19(15)28-12-16/h4-11,13H,12H2,1-3H3,(H,23,26). The number of nitrogens with one attached hydrogen (secondary N) is 1. The zero-order chi connectivity index (χ0) is 20.4. The van der Waals surface area contributed by atoms with Gasteiger partial charge in [-0.25, -0.2) is 0 Å². The molecule has 1 aliphatic heterocycles. The average molecular weight is 391 g/mol. The van der Waals surface area contributed by atoms with Crippen LogP contribution in [0.4, 0.5) is 5.69 Å². The molecule has 0 spiro atoms. The minimum atomic E-state index is -0.217. The zero-order valence-corrected chi connectivity index (χ0v) is 16.4. The van der Waals surface area contributed by atoms with Crippen LogP contribution >= 0.6 is 0 Å². The van der Waals surface area contributed by atoms with Crippen molar-refractivity contribution in [3.8, 4) is 23.0 Å². The van der Waals surface area contributed by atoms with Gasteiger partial charge in [0.25, 0.3) is 11.8 Å². The van der Waals surface area contributed by atoms with Crippen LogP contribution < -0.4 is 14.8 Å². The molecule has 0 aliphatic carbocycles. The Labute approximate surface area is 168 Å². The number of ether oxygens (including phenoxy) is 2. The van der Waals surface area contributed by atoms with E-state index in [9.17, 15) is 4.79 Å². The van der Waals surface area contributed by atoms with Crippen molar-refractivity contribution in [1.29, 1.82) is 0 Å². The number of aromatic nitrogens is 2. The molecule has 0 bridgehead atoms. The predicted octanol–water partition coefficient (Wildman–Crippen LogP) is 4.28. The van der Waals surface area contributed by atoms with Gasteiger partial charge in [0.2, 0.25) is 0 Å².